The molecular weight excluding hydrogens is 333 g/mol. The number of hydrogen-bond donors (Lipinski definition) is 1. The van der Waals surface area contributed by atoms with Crippen molar-refractivity contribution in [2.24, 2.45) is 4.48 Å². The molecule has 0 saturated carbocycles. The SMILES string of the molecule is [NH2][Zn]([I])[I]. The molecule has 0 aromatic rings. The van der Waals surface area contributed by atoms with Crippen LogP contribution in [0.25, 0.3) is 0 Å². The average Bonchev–Trinajstić information content (AvgIpc) is 0.811. The fraction of sp³-hybridized carbons (Fsp3) is 0. The van der Waals surface area contributed by atoms with Gasteiger partial charge in [0.1, 0.15) is 0 Å². The van der Waals surface area contributed by atoms with Crippen molar-refractivity contribution in [1.82, 2.24) is 0 Å². The topological polar surface area (TPSA) is 26.0 Å². The molecule has 0 saturated heterocycles. The number of hydrogen-bond acceptors (Lipinski definition) is 1. The molecule has 1 nitrogen and oxygen atoms in total. The van der Waals surface area contributed by atoms with Crippen LogP contribution in [0.3, 0.4) is 0 Å². The van der Waals surface area contributed by atoms with E-state index in [1.54, 1.807) is 0 Å². The van der Waals surface area contributed by atoms with Crippen LogP contribution in [-0.2, 0) is 9.16 Å². The second-order valence-electron chi connectivity index (χ2n) is 0.410. The van der Waals surface area contributed by atoms with Crippen molar-refractivity contribution < 1.29 is 9.16 Å². The third-order valence-corrected chi connectivity index (χ3v) is 0. The van der Waals surface area contributed by atoms with Crippen LogP contribution >= 0.6 is 39.5 Å². The number of rotatable bonds is 0. The third kappa shape index (κ3) is 8.97. The van der Waals surface area contributed by atoms with Crippen LogP contribution in [-0.4, -0.2) is 0 Å². The van der Waals surface area contributed by atoms with E-state index in [2.05, 4.69) is 39.5 Å². The van der Waals surface area contributed by atoms with Crippen molar-refractivity contribution in [3.63, 3.8) is 0 Å². The second kappa shape index (κ2) is 3.24. The van der Waals surface area contributed by atoms with Gasteiger partial charge in [-0.1, -0.05) is 0 Å². The molecular formula is H2I2NZn. The first-order chi connectivity index (χ1) is 1.73. The second-order valence-corrected chi connectivity index (χ2v) is 34.4. The van der Waals surface area contributed by atoms with Gasteiger partial charge in [0, 0.05) is 0 Å². The van der Waals surface area contributed by atoms with Gasteiger partial charge in [-0.3, -0.25) is 0 Å². The summed E-state index contributed by atoms with van der Waals surface area (Å²) >= 11 is 4.63. The molecule has 0 aliphatic rings. The standard InChI is InChI=1S/2HI.H2N.Zn/h2*1H;1H2;/q;;-1;+3/p-2. The fourth-order valence-electron chi connectivity index (χ4n) is 0. The zero-order valence-corrected chi connectivity index (χ0v) is 9.32. The van der Waals surface area contributed by atoms with Crippen molar-refractivity contribution in [1.29, 1.82) is 0 Å². The first kappa shape index (κ1) is 6.04. The Morgan fingerprint density at radius 2 is 1.50 bits per heavy atom. The molecule has 4 heteroatoms. The van der Waals surface area contributed by atoms with Gasteiger partial charge in [-0.15, -0.1) is 0 Å². The Balaban J connectivity index is 2.32. The molecule has 23 valence electrons. The van der Waals surface area contributed by atoms with E-state index in [-0.39, 0.29) is 0 Å². The predicted octanol–water partition coefficient (Wildman–Crippen LogP) is 1.18. The normalized spacial score (nSPS) is 6.75. The molecule has 0 bridgehead atoms. The van der Waals surface area contributed by atoms with Crippen LogP contribution in [0, 0.1) is 0 Å². The van der Waals surface area contributed by atoms with E-state index in [4.69, 9.17) is 4.48 Å². The van der Waals surface area contributed by atoms with Crippen LogP contribution in [0.2, 0.25) is 0 Å². The molecule has 0 spiro atoms. The molecule has 0 amide bonds. The van der Waals surface area contributed by atoms with Crippen molar-refractivity contribution in [2.75, 3.05) is 0 Å². The molecule has 0 radical (unpaired) electrons. The van der Waals surface area contributed by atoms with Crippen molar-refractivity contribution >= 4 is 39.5 Å². The Kier molecular flexibility index (Phi) is 4.90. The summed E-state index contributed by atoms with van der Waals surface area (Å²) in [5.74, 6) is 0. The summed E-state index contributed by atoms with van der Waals surface area (Å²) in [6, 6.07) is 0. The molecule has 0 aliphatic carbocycles. The third-order valence-electron chi connectivity index (χ3n) is 0. The van der Waals surface area contributed by atoms with E-state index in [0.717, 1.165) is 0 Å². The molecule has 0 rings (SSSR count). The van der Waals surface area contributed by atoms with Crippen LogP contribution in [0.5, 0.6) is 0 Å². The van der Waals surface area contributed by atoms with Crippen molar-refractivity contribution in [2.45, 2.75) is 0 Å². The summed E-state index contributed by atoms with van der Waals surface area (Å²) in [5, 5.41) is 0. The van der Waals surface area contributed by atoms with E-state index < -0.39 is 9.16 Å². The van der Waals surface area contributed by atoms with Gasteiger partial charge < -0.3 is 0 Å². The van der Waals surface area contributed by atoms with E-state index in [1.807, 2.05) is 0 Å². The molecule has 0 aromatic heterocycles. The van der Waals surface area contributed by atoms with Gasteiger partial charge >= 0.3 is 53.1 Å². The van der Waals surface area contributed by atoms with Gasteiger partial charge in [-0.25, -0.2) is 0 Å². The van der Waals surface area contributed by atoms with Crippen LogP contribution in [0.1, 0.15) is 0 Å². The summed E-state index contributed by atoms with van der Waals surface area (Å²) in [4.78, 5) is 0. The summed E-state index contributed by atoms with van der Waals surface area (Å²) in [6.45, 7) is 0. The Morgan fingerprint density at radius 1 is 1.50 bits per heavy atom. The monoisotopic (exact) mass is 334 g/mol. The summed E-state index contributed by atoms with van der Waals surface area (Å²) in [5.41, 5.74) is 0. The fourth-order valence-corrected chi connectivity index (χ4v) is 0. The summed E-state index contributed by atoms with van der Waals surface area (Å²) in [7, 11) is -1.18. The predicted molar refractivity (Wildman–Crippen MR) is 32.2 cm³/mol. The van der Waals surface area contributed by atoms with E-state index >= 15 is 0 Å². The molecule has 0 aromatic carbocycles. The molecule has 0 heterocycles. The van der Waals surface area contributed by atoms with Crippen molar-refractivity contribution in [3.05, 3.63) is 0 Å². The quantitative estimate of drug-likeness (QED) is 0.522. The summed E-state index contributed by atoms with van der Waals surface area (Å²) < 4.78 is 5.29. The van der Waals surface area contributed by atoms with E-state index in [0.29, 0.717) is 0 Å². The zero-order chi connectivity index (χ0) is 3.58. The maximum atomic E-state index is 5.29. The minimum absolute atomic E-state index is 1.18. The molecule has 0 aliphatic heterocycles. The van der Waals surface area contributed by atoms with Gasteiger partial charge in [-0.2, -0.15) is 0 Å². The van der Waals surface area contributed by atoms with Gasteiger partial charge in [0.25, 0.3) is 0 Å². The first-order valence-corrected chi connectivity index (χ1v) is 20.8. The van der Waals surface area contributed by atoms with Crippen molar-refractivity contribution in [3.8, 4) is 0 Å². The molecule has 0 unspecified atom stereocenters. The molecule has 0 fully saturated rings. The minimum atomic E-state index is -1.18. The number of halogens is 2. The Bertz CT molecular complexity index is 10.8. The van der Waals surface area contributed by atoms with Gasteiger partial charge in [0.05, 0.1) is 0 Å². The first-order valence-electron chi connectivity index (χ1n) is 0.943. The van der Waals surface area contributed by atoms with E-state index in [9.17, 15) is 0 Å². The van der Waals surface area contributed by atoms with Crippen LogP contribution < -0.4 is 4.48 Å². The molecule has 4 heavy (non-hydrogen) atoms. The Labute approximate surface area is 52.2 Å². The Hall–Kier alpha value is 2.04. The summed E-state index contributed by atoms with van der Waals surface area (Å²) in [6.07, 6.45) is 0. The molecule has 2 N–H and O–H groups in total. The molecule has 0 atom stereocenters. The average molecular weight is 335 g/mol. The zero-order valence-electron chi connectivity index (χ0n) is 2.04. The van der Waals surface area contributed by atoms with Gasteiger partial charge in [0.2, 0.25) is 0 Å². The Morgan fingerprint density at radius 3 is 1.50 bits per heavy atom. The van der Waals surface area contributed by atoms with E-state index in [1.165, 1.54) is 0 Å². The maximum absolute atomic E-state index is 5.29. The van der Waals surface area contributed by atoms with Gasteiger partial charge in [0.15, 0.2) is 0 Å². The number of nitrogens with two attached hydrogens (primary N) is 1. The van der Waals surface area contributed by atoms with Crippen LogP contribution in [0.15, 0.2) is 0 Å². The van der Waals surface area contributed by atoms with Gasteiger partial charge in [-0.05, 0) is 0 Å². The van der Waals surface area contributed by atoms with Crippen LogP contribution in [0.4, 0.5) is 0 Å².